The molecule has 0 unspecified atom stereocenters. The Labute approximate surface area is 102 Å². The Hall–Kier alpha value is -1.57. The number of hydrogen-bond donors (Lipinski definition) is 1. The van der Waals surface area contributed by atoms with Crippen LogP contribution in [0, 0.1) is 11.8 Å². The molecule has 0 heterocycles. The lowest BCUT2D eigenvalue weighted by molar-refractivity contribution is 0.304. The number of hydrogen-bond acceptors (Lipinski definition) is 2. The summed E-state index contributed by atoms with van der Waals surface area (Å²) in [6.07, 6.45) is 6.92. The molecule has 1 N–H and O–H groups in total. The molecule has 0 amide bonds. The van der Waals surface area contributed by atoms with E-state index in [0.29, 0.717) is 11.8 Å². The second kappa shape index (κ2) is 4.36. The lowest BCUT2D eigenvalue weighted by Crippen LogP contribution is -2.32. The van der Waals surface area contributed by atoms with Gasteiger partial charge in [-0.15, -0.1) is 0 Å². The monoisotopic (exact) mass is 227 g/mol. The number of allylic oxidation sites excluding steroid dienone is 2. The molecule has 17 heavy (non-hydrogen) atoms. The summed E-state index contributed by atoms with van der Waals surface area (Å²) in [5.74, 6) is 0.820. The quantitative estimate of drug-likeness (QED) is 0.575. The molecule has 2 heteroatoms. The van der Waals surface area contributed by atoms with Gasteiger partial charge < -0.3 is 5.21 Å². The highest BCUT2D eigenvalue weighted by Gasteiger charge is 2.35. The fraction of sp³-hybridized carbons (Fsp3) is 0.400. The molecular formula is C15H17NO. The van der Waals surface area contributed by atoms with Gasteiger partial charge in [-0.25, -0.2) is 0 Å². The summed E-state index contributed by atoms with van der Waals surface area (Å²) in [6.45, 7) is 0. The van der Waals surface area contributed by atoms with Crippen LogP contribution in [0.2, 0.25) is 0 Å². The van der Waals surface area contributed by atoms with E-state index in [9.17, 15) is 5.21 Å². The van der Waals surface area contributed by atoms with E-state index in [-0.39, 0.29) is 0 Å². The Kier molecular flexibility index (Phi) is 2.71. The van der Waals surface area contributed by atoms with Crippen molar-refractivity contribution < 1.29 is 5.21 Å². The Morgan fingerprint density at radius 2 is 1.94 bits per heavy atom. The summed E-state index contributed by atoms with van der Waals surface area (Å²) < 4.78 is 0. The molecule has 2 aliphatic rings. The summed E-state index contributed by atoms with van der Waals surface area (Å²) in [7, 11) is 0. The maximum Gasteiger partial charge on any atom is 0.0679 e. The van der Waals surface area contributed by atoms with E-state index in [2.05, 4.69) is 35.5 Å². The van der Waals surface area contributed by atoms with E-state index in [1.807, 2.05) is 6.07 Å². The normalized spacial score (nSPS) is 30.1. The zero-order valence-electron chi connectivity index (χ0n) is 9.84. The lowest BCUT2D eigenvalue weighted by Gasteiger charge is -2.35. The van der Waals surface area contributed by atoms with Gasteiger partial charge in [0, 0.05) is 11.8 Å². The molecule has 1 aromatic rings. The predicted molar refractivity (Wildman–Crippen MR) is 69.1 cm³/mol. The second-order valence-corrected chi connectivity index (χ2v) is 4.97. The number of fused-ring (bicyclic) bond motifs is 2. The fourth-order valence-corrected chi connectivity index (χ4v) is 3.21. The van der Waals surface area contributed by atoms with Crippen molar-refractivity contribution in [1.82, 2.24) is 0 Å². The van der Waals surface area contributed by atoms with E-state index in [1.165, 1.54) is 24.0 Å². The van der Waals surface area contributed by atoms with Crippen molar-refractivity contribution in [3.8, 4) is 0 Å². The van der Waals surface area contributed by atoms with Crippen LogP contribution >= 0.6 is 0 Å². The Morgan fingerprint density at radius 1 is 1.12 bits per heavy atom. The van der Waals surface area contributed by atoms with Crippen molar-refractivity contribution in [3.63, 3.8) is 0 Å². The van der Waals surface area contributed by atoms with Crippen molar-refractivity contribution in [2.24, 2.45) is 17.0 Å². The van der Waals surface area contributed by atoms with Gasteiger partial charge in [-0.3, -0.25) is 0 Å². The van der Waals surface area contributed by atoms with E-state index in [0.717, 1.165) is 18.6 Å². The van der Waals surface area contributed by atoms with Crippen LogP contribution in [0.3, 0.4) is 0 Å². The second-order valence-electron chi connectivity index (χ2n) is 4.97. The molecule has 0 saturated heterocycles. The molecule has 1 saturated carbocycles. The smallest absolute Gasteiger partial charge is 0.0679 e. The van der Waals surface area contributed by atoms with Crippen LogP contribution in [0.1, 0.15) is 31.2 Å². The lowest BCUT2D eigenvalue weighted by atomic mass is 9.69. The number of rotatable bonds is 1. The van der Waals surface area contributed by atoms with Gasteiger partial charge in [0.15, 0.2) is 0 Å². The molecule has 0 spiro atoms. The van der Waals surface area contributed by atoms with Crippen molar-refractivity contribution in [1.29, 1.82) is 0 Å². The maximum absolute atomic E-state index is 9.22. The van der Waals surface area contributed by atoms with Crippen molar-refractivity contribution in [3.05, 3.63) is 42.0 Å². The fourth-order valence-electron chi connectivity index (χ4n) is 3.21. The third-order valence-electron chi connectivity index (χ3n) is 4.04. The Balaban J connectivity index is 2.01. The molecular weight excluding hydrogens is 210 g/mol. The summed E-state index contributed by atoms with van der Waals surface area (Å²) in [6, 6.07) is 10.5. The first-order valence-corrected chi connectivity index (χ1v) is 6.37. The zero-order valence-corrected chi connectivity index (χ0v) is 9.84. The highest BCUT2D eigenvalue weighted by Crippen LogP contribution is 2.41. The Morgan fingerprint density at radius 3 is 2.71 bits per heavy atom. The van der Waals surface area contributed by atoms with E-state index < -0.39 is 0 Å². The van der Waals surface area contributed by atoms with Crippen LogP contribution in [0.15, 0.2) is 41.6 Å². The first kappa shape index (κ1) is 10.6. The molecule has 2 aliphatic carbocycles. The average molecular weight is 227 g/mol. The number of oxime groups is 1. The topological polar surface area (TPSA) is 32.6 Å². The minimum absolute atomic E-state index is 0.342. The summed E-state index contributed by atoms with van der Waals surface area (Å²) >= 11 is 0. The third kappa shape index (κ3) is 1.78. The summed E-state index contributed by atoms with van der Waals surface area (Å²) in [4.78, 5) is 0. The molecule has 2 nitrogen and oxygen atoms in total. The molecule has 0 aliphatic heterocycles. The van der Waals surface area contributed by atoms with Gasteiger partial charge in [0.2, 0.25) is 0 Å². The van der Waals surface area contributed by atoms with Crippen LogP contribution in [0.5, 0.6) is 0 Å². The standard InChI is InChI=1S/C15H17NO/c17-16-15-12-7-4-8-14(15)13(10-9-12)11-5-2-1-3-6-11/h1-3,5-6,10,12,14,17H,4,7-9H2/b16-15-/t12-,14+/m1/s1. The first-order chi connectivity index (χ1) is 8.40. The number of benzene rings is 1. The number of nitrogens with zero attached hydrogens (tertiary/aromatic N) is 1. The molecule has 88 valence electrons. The Bertz CT molecular complexity index is 461. The summed E-state index contributed by atoms with van der Waals surface area (Å²) in [5.41, 5.74) is 3.64. The predicted octanol–water partition coefficient (Wildman–Crippen LogP) is 3.72. The average Bonchev–Trinajstić information content (AvgIpc) is 2.39. The van der Waals surface area contributed by atoms with Gasteiger partial charge in [0.25, 0.3) is 0 Å². The van der Waals surface area contributed by atoms with E-state index in [4.69, 9.17) is 0 Å². The molecule has 3 rings (SSSR count). The highest BCUT2D eigenvalue weighted by atomic mass is 16.4. The first-order valence-electron chi connectivity index (χ1n) is 6.37. The van der Waals surface area contributed by atoms with Crippen LogP contribution in [0.4, 0.5) is 0 Å². The van der Waals surface area contributed by atoms with E-state index in [1.54, 1.807) is 0 Å². The third-order valence-corrected chi connectivity index (χ3v) is 4.04. The van der Waals surface area contributed by atoms with Gasteiger partial charge in [0.1, 0.15) is 0 Å². The van der Waals surface area contributed by atoms with Crippen LogP contribution < -0.4 is 0 Å². The minimum Gasteiger partial charge on any atom is -0.411 e. The van der Waals surface area contributed by atoms with Crippen LogP contribution in [-0.2, 0) is 0 Å². The molecule has 2 atom stereocenters. The van der Waals surface area contributed by atoms with Crippen molar-refractivity contribution in [2.75, 3.05) is 0 Å². The van der Waals surface area contributed by atoms with Crippen molar-refractivity contribution in [2.45, 2.75) is 25.7 Å². The largest absolute Gasteiger partial charge is 0.411 e. The van der Waals surface area contributed by atoms with Crippen molar-refractivity contribution >= 4 is 11.3 Å². The van der Waals surface area contributed by atoms with Gasteiger partial charge in [0.05, 0.1) is 5.71 Å². The molecule has 0 aromatic heterocycles. The van der Waals surface area contributed by atoms with Crippen LogP contribution in [-0.4, -0.2) is 10.9 Å². The molecule has 0 radical (unpaired) electrons. The highest BCUT2D eigenvalue weighted by molar-refractivity contribution is 6.00. The van der Waals surface area contributed by atoms with Crippen LogP contribution in [0.25, 0.3) is 5.57 Å². The molecule has 2 bridgehead atoms. The van der Waals surface area contributed by atoms with E-state index >= 15 is 0 Å². The van der Waals surface area contributed by atoms with Gasteiger partial charge >= 0.3 is 0 Å². The summed E-state index contributed by atoms with van der Waals surface area (Å²) in [5, 5.41) is 12.8. The molecule has 1 aromatic carbocycles. The maximum atomic E-state index is 9.22. The van der Waals surface area contributed by atoms with Gasteiger partial charge in [-0.2, -0.15) is 0 Å². The zero-order chi connectivity index (χ0) is 11.7. The van der Waals surface area contributed by atoms with Gasteiger partial charge in [-0.05, 0) is 30.4 Å². The minimum atomic E-state index is 0.342. The molecule has 1 fully saturated rings. The SMILES string of the molecule is O/N=C1/[C@H]2CC=C(c3ccccc3)[C@@H]1CCC2. The van der Waals surface area contributed by atoms with Gasteiger partial charge in [-0.1, -0.05) is 48.0 Å².